The van der Waals surface area contributed by atoms with Gasteiger partial charge in [0.15, 0.2) is 0 Å². The van der Waals surface area contributed by atoms with Crippen LogP contribution in [0.4, 0.5) is 4.79 Å². The molecule has 48 valence electrons. The minimum absolute atomic E-state index is 0.333. The molecule has 1 rings (SSSR count). The van der Waals surface area contributed by atoms with E-state index < -0.39 is 0 Å². The molecule has 1 aromatic rings. The highest BCUT2D eigenvalue weighted by molar-refractivity contribution is 5.75. The molecule has 0 radical (unpaired) electrons. The second-order valence-corrected chi connectivity index (χ2v) is 1.54. The van der Waals surface area contributed by atoms with E-state index in [1.54, 1.807) is 24.5 Å². The third kappa shape index (κ3) is 1.09. The molecule has 0 aliphatic carbocycles. The zero-order chi connectivity index (χ0) is 6.69. The molecule has 9 heavy (non-hydrogen) atoms. The molecule has 4 heteroatoms. The van der Waals surface area contributed by atoms with Gasteiger partial charge in [0.1, 0.15) is 0 Å². The molecule has 0 fully saturated rings. The molecule has 3 N–H and O–H groups in total. The number of hydrazine groups is 1. The molecular formula is C5H7N3O. The van der Waals surface area contributed by atoms with Gasteiger partial charge >= 0.3 is 6.03 Å². The Balaban J connectivity index is 2.77. The van der Waals surface area contributed by atoms with E-state index in [1.165, 1.54) is 4.57 Å². The SMILES string of the molecule is NNC(=O)n1cccc1. The second-order valence-electron chi connectivity index (χ2n) is 1.54. The van der Waals surface area contributed by atoms with E-state index in [1.807, 2.05) is 5.43 Å². The monoisotopic (exact) mass is 125 g/mol. The Hall–Kier alpha value is -1.29. The number of carbonyl (C=O) groups excluding carboxylic acids is 1. The maximum absolute atomic E-state index is 10.6. The summed E-state index contributed by atoms with van der Waals surface area (Å²) >= 11 is 0. The lowest BCUT2D eigenvalue weighted by Crippen LogP contribution is -2.33. The minimum atomic E-state index is -0.333. The van der Waals surface area contributed by atoms with Crippen LogP contribution >= 0.6 is 0 Å². The van der Waals surface area contributed by atoms with Crippen LogP contribution in [-0.4, -0.2) is 10.6 Å². The molecule has 0 aliphatic rings. The molecule has 0 saturated carbocycles. The lowest BCUT2D eigenvalue weighted by atomic mass is 10.7. The Morgan fingerprint density at radius 2 is 2.00 bits per heavy atom. The van der Waals surface area contributed by atoms with Crippen molar-refractivity contribution in [1.29, 1.82) is 0 Å². The summed E-state index contributed by atoms with van der Waals surface area (Å²) in [6, 6.07) is 3.16. The fourth-order valence-corrected chi connectivity index (χ4v) is 0.544. The molecule has 1 aromatic heterocycles. The fourth-order valence-electron chi connectivity index (χ4n) is 0.544. The number of aromatic nitrogens is 1. The van der Waals surface area contributed by atoms with Crippen LogP contribution in [0.2, 0.25) is 0 Å². The summed E-state index contributed by atoms with van der Waals surface area (Å²) in [6.07, 6.45) is 3.23. The molecule has 1 amide bonds. The van der Waals surface area contributed by atoms with Gasteiger partial charge in [-0.1, -0.05) is 0 Å². The smallest absolute Gasteiger partial charge is 0.276 e. The van der Waals surface area contributed by atoms with E-state index in [0.29, 0.717) is 0 Å². The van der Waals surface area contributed by atoms with Crippen LogP contribution in [0.25, 0.3) is 0 Å². The predicted molar refractivity (Wildman–Crippen MR) is 32.5 cm³/mol. The van der Waals surface area contributed by atoms with Crippen molar-refractivity contribution in [2.75, 3.05) is 0 Å². The Bertz CT molecular complexity index is 192. The summed E-state index contributed by atoms with van der Waals surface area (Å²) in [5, 5.41) is 0. The Kier molecular flexibility index (Phi) is 1.51. The lowest BCUT2D eigenvalue weighted by Gasteiger charge is -1.96. The first-order chi connectivity index (χ1) is 4.34. The van der Waals surface area contributed by atoms with Crippen LogP contribution in [0.15, 0.2) is 24.5 Å². The topological polar surface area (TPSA) is 60.0 Å². The minimum Gasteiger partial charge on any atom is -0.276 e. The van der Waals surface area contributed by atoms with Crippen LogP contribution in [0, 0.1) is 0 Å². The first kappa shape index (κ1) is 5.84. The summed E-state index contributed by atoms with van der Waals surface area (Å²) in [6.45, 7) is 0. The van der Waals surface area contributed by atoms with Gasteiger partial charge in [0, 0.05) is 12.4 Å². The highest BCUT2D eigenvalue weighted by Crippen LogP contribution is 1.86. The molecule has 4 nitrogen and oxygen atoms in total. The van der Waals surface area contributed by atoms with Crippen molar-refractivity contribution in [2.24, 2.45) is 5.84 Å². The molecular weight excluding hydrogens is 118 g/mol. The Morgan fingerprint density at radius 1 is 1.44 bits per heavy atom. The molecule has 0 unspecified atom stereocenters. The number of carbonyl (C=O) groups is 1. The van der Waals surface area contributed by atoms with Gasteiger partial charge in [0.25, 0.3) is 0 Å². The molecule has 0 saturated heterocycles. The molecule has 0 aliphatic heterocycles. The molecule has 0 atom stereocenters. The predicted octanol–water partition coefficient (Wildman–Crippen LogP) is -0.0805. The highest BCUT2D eigenvalue weighted by atomic mass is 16.2. The van der Waals surface area contributed by atoms with Gasteiger partial charge < -0.3 is 0 Å². The van der Waals surface area contributed by atoms with Gasteiger partial charge in [-0.3, -0.25) is 9.99 Å². The summed E-state index contributed by atoms with van der Waals surface area (Å²) in [5.74, 6) is 4.84. The molecule has 0 bridgehead atoms. The third-order valence-corrected chi connectivity index (χ3v) is 0.962. The Labute approximate surface area is 52.2 Å². The number of hydrogen-bond acceptors (Lipinski definition) is 2. The quantitative estimate of drug-likeness (QED) is 0.289. The van der Waals surface area contributed by atoms with Crippen LogP contribution < -0.4 is 11.3 Å². The first-order valence-electron chi connectivity index (χ1n) is 2.48. The van der Waals surface area contributed by atoms with Crippen molar-refractivity contribution in [3.8, 4) is 0 Å². The summed E-state index contributed by atoms with van der Waals surface area (Å²) in [5.41, 5.74) is 1.99. The average Bonchev–Trinajstić information content (AvgIpc) is 2.37. The maximum atomic E-state index is 10.6. The summed E-state index contributed by atoms with van der Waals surface area (Å²) in [4.78, 5) is 10.6. The van der Waals surface area contributed by atoms with Gasteiger partial charge in [-0.05, 0) is 12.1 Å². The average molecular weight is 125 g/mol. The second kappa shape index (κ2) is 2.32. The van der Waals surface area contributed by atoms with Crippen molar-refractivity contribution < 1.29 is 4.79 Å². The van der Waals surface area contributed by atoms with E-state index in [9.17, 15) is 4.79 Å². The van der Waals surface area contributed by atoms with Crippen molar-refractivity contribution in [1.82, 2.24) is 9.99 Å². The van der Waals surface area contributed by atoms with Gasteiger partial charge in [0.2, 0.25) is 0 Å². The number of rotatable bonds is 0. The number of nitrogens with zero attached hydrogens (tertiary/aromatic N) is 1. The van der Waals surface area contributed by atoms with Gasteiger partial charge in [-0.15, -0.1) is 0 Å². The summed E-state index contributed by atoms with van der Waals surface area (Å²) in [7, 11) is 0. The van der Waals surface area contributed by atoms with Crippen LogP contribution in [-0.2, 0) is 0 Å². The van der Waals surface area contributed by atoms with Crippen molar-refractivity contribution in [2.45, 2.75) is 0 Å². The lowest BCUT2D eigenvalue weighted by molar-refractivity contribution is 0.242. The Morgan fingerprint density at radius 3 is 2.44 bits per heavy atom. The zero-order valence-corrected chi connectivity index (χ0v) is 4.74. The van der Waals surface area contributed by atoms with Gasteiger partial charge in [0.05, 0.1) is 0 Å². The normalized spacial score (nSPS) is 9.00. The van der Waals surface area contributed by atoms with Gasteiger partial charge in [-0.25, -0.2) is 10.6 Å². The van der Waals surface area contributed by atoms with E-state index in [2.05, 4.69) is 0 Å². The van der Waals surface area contributed by atoms with E-state index >= 15 is 0 Å². The van der Waals surface area contributed by atoms with Crippen molar-refractivity contribution in [3.05, 3.63) is 24.5 Å². The zero-order valence-electron chi connectivity index (χ0n) is 4.74. The van der Waals surface area contributed by atoms with Crippen LogP contribution in [0.1, 0.15) is 0 Å². The summed E-state index contributed by atoms with van der Waals surface area (Å²) < 4.78 is 1.35. The highest BCUT2D eigenvalue weighted by Gasteiger charge is 1.95. The van der Waals surface area contributed by atoms with Crippen molar-refractivity contribution in [3.63, 3.8) is 0 Å². The molecule has 0 spiro atoms. The van der Waals surface area contributed by atoms with Crippen LogP contribution in [0.3, 0.4) is 0 Å². The molecule has 1 heterocycles. The fraction of sp³-hybridized carbons (Fsp3) is 0. The number of nitrogens with one attached hydrogen (secondary N) is 1. The first-order valence-corrected chi connectivity index (χ1v) is 2.48. The van der Waals surface area contributed by atoms with E-state index in [0.717, 1.165) is 0 Å². The third-order valence-electron chi connectivity index (χ3n) is 0.962. The standard InChI is InChI=1S/C5H7N3O/c6-7-5(9)8-3-1-2-4-8/h1-4H,6H2,(H,7,9). The maximum Gasteiger partial charge on any atom is 0.339 e. The molecule has 0 aromatic carbocycles. The number of amides is 1. The largest absolute Gasteiger partial charge is 0.339 e. The number of nitrogen functional groups attached to an aromatic ring is 1. The van der Waals surface area contributed by atoms with Crippen molar-refractivity contribution >= 4 is 6.03 Å². The number of nitrogens with two attached hydrogens (primary N) is 1. The van der Waals surface area contributed by atoms with E-state index in [-0.39, 0.29) is 6.03 Å². The van der Waals surface area contributed by atoms with Gasteiger partial charge in [-0.2, -0.15) is 0 Å². The van der Waals surface area contributed by atoms with E-state index in [4.69, 9.17) is 5.84 Å². The number of hydrogen-bond donors (Lipinski definition) is 2. The van der Waals surface area contributed by atoms with Crippen LogP contribution in [0.5, 0.6) is 0 Å².